The summed E-state index contributed by atoms with van der Waals surface area (Å²) in [5.74, 6) is 3.29. The first-order valence-electron chi connectivity index (χ1n) is 11.7. The lowest BCUT2D eigenvalue weighted by molar-refractivity contribution is -0.908. The molecular formula is C23H41NO. The van der Waals surface area contributed by atoms with Gasteiger partial charge >= 0.3 is 0 Å². The Morgan fingerprint density at radius 2 is 1.28 bits per heavy atom. The van der Waals surface area contributed by atoms with Crippen LogP contribution < -0.4 is 5.06 Å². The van der Waals surface area contributed by atoms with Crippen LogP contribution in [0.5, 0.6) is 0 Å². The average molecular weight is 348 g/mol. The molecule has 0 saturated heterocycles. The highest BCUT2D eigenvalue weighted by Crippen LogP contribution is 2.73. The lowest BCUT2D eigenvalue weighted by atomic mass is 9.57. The first-order valence-corrected chi connectivity index (χ1v) is 11.7. The Kier molecular flexibility index (Phi) is 5.49. The number of rotatable bonds is 3. The van der Waals surface area contributed by atoms with E-state index in [4.69, 9.17) is 0 Å². The van der Waals surface area contributed by atoms with Gasteiger partial charge in [-0.25, -0.2) is 0 Å². The van der Waals surface area contributed by atoms with E-state index in [0.717, 1.165) is 17.8 Å². The molecule has 0 aromatic rings. The molecule has 4 saturated carbocycles. The second kappa shape index (κ2) is 7.50. The summed E-state index contributed by atoms with van der Waals surface area (Å²) in [5.41, 5.74) is 0.459. The molecule has 0 aromatic heterocycles. The predicted octanol–water partition coefficient (Wildman–Crippen LogP) is 5.11. The Morgan fingerprint density at radius 1 is 0.760 bits per heavy atom. The van der Waals surface area contributed by atoms with Crippen LogP contribution in [0.1, 0.15) is 104 Å². The molecule has 1 N–H and O–H groups in total. The molecule has 0 aliphatic heterocycles. The van der Waals surface area contributed by atoms with Gasteiger partial charge in [-0.05, 0) is 24.2 Å². The fourth-order valence-electron chi connectivity index (χ4n) is 6.98. The van der Waals surface area contributed by atoms with Crippen LogP contribution in [0.3, 0.4) is 0 Å². The fourth-order valence-corrected chi connectivity index (χ4v) is 6.98. The molecule has 2 nitrogen and oxygen atoms in total. The van der Waals surface area contributed by atoms with E-state index in [1.807, 2.05) is 0 Å². The maximum Gasteiger partial charge on any atom is 0.0964 e. The average Bonchev–Trinajstić information content (AvgIpc) is 3.49. The molecule has 4 fully saturated rings. The third-order valence-corrected chi connectivity index (χ3v) is 8.85. The molecule has 6 atom stereocenters. The molecule has 4 aliphatic rings. The first-order chi connectivity index (χ1) is 12.2. The standard InChI is InChI=1S/C23H41NO/c1-17-18(2)23(22(17)24(25)20-14-15-20)16-21(23)19-12-10-8-6-4-3-5-7-9-11-13-19/h17-22,24H,3-16H2,1-2H3. The van der Waals surface area contributed by atoms with Crippen molar-refractivity contribution in [2.45, 2.75) is 116 Å². The number of hydrogen-bond donors (Lipinski definition) is 1. The minimum Gasteiger partial charge on any atom is -0.634 e. The van der Waals surface area contributed by atoms with Crippen molar-refractivity contribution in [1.29, 1.82) is 0 Å². The lowest BCUT2D eigenvalue weighted by Gasteiger charge is -2.55. The number of quaternary nitrogens is 1. The van der Waals surface area contributed by atoms with Gasteiger partial charge in [-0.1, -0.05) is 84.5 Å². The Morgan fingerprint density at radius 3 is 1.80 bits per heavy atom. The third-order valence-electron chi connectivity index (χ3n) is 8.85. The maximum atomic E-state index is 12.9. The molecular weight excluding hydrogens is 306 g/mol. The van der Waals surface area contributed by atoms with Crippen molar-refractivity contribution in [3.63, 3.8) is 0 Å². The van der Waals surface area contributed by atoms with Gasteiger partial charge in [0.25, 0.3) is 0 Å². The van der Waals surface area contributed by atoms with Gasteiger partial charge < -0.3 is 10.3 Å². The van der Waals surface area contributed by atoms with Gasteiger partial charge in [0, 0.05) is 24.2 Å². The van der Waals surface area contributed by atoms with Crippen molar-refractivity contribution >= 4 is 0 Å². The van der Waals surface area contributed by atoms with Crippen LogP contribution in [-0.4, -0.2) is 12.1 Å². The molecule has 0 amide bonds. The summed E-state index contributed by atoms with van der Waals surface area (Å²) in [6.45, 7) is 4.84. The number of hydrogen-bond acceptors (Lipinski definition) is 1. The SMILES string of the molecule is CC1C(C)C2(CC2C2CCCCCCCCCCC2)C1[NH+]([O-])C1CC1. The zero-order valence-electron chi connectivity index (χ0n) is 16.8. The van der Waals surface area contributed by atoms with Gasteiger partial charge in [-0.15, -0.1) is 0 Å². The molecule has 4 rings (SSSR count). The van der Waals surface area contributed by atoms with Gasteiger partial charge in [-0.2, -0.15) is 0 Å². The highest BCUT2D eigenvalue weighted by Gasteiger charge is 2.75. The summed E-state index contributed by atoms with van der Waals surface area (Å²) >= 11 is 0. The van der Waals surface area contributed by atoms with E-state index in [9.17, 15) is 5.21 Å². The zero-order valence-corrected chi connectivity index (χ0v) is 16.8. The maximum absolute atomic E-state index is 12.9. The van der Waals surface area contributed by atoms with Crippen molar-refractivity contribution in [3.8, 4) is 0 Å². The summed E-state index contributed by atoms with van der Waals surface area (Å²) in [5, 5.41) is 13.6. The van der Waals surface area contributed by atoms with Crippen LogP contribution in [-0.2, 0) is 0 Å². The minimum absolute atomic E-state index is 0.446. The van der Waals surface area contributed by atoms with Gasteiger partial charge in [0.1, 0.15) is 0 Å². The summed E-state index contributed by atoms with van der Waals surface area (Å²) in [7, 11) is 0. The molecule has 4 aliphatic carbocycles. The van der Waals surface area contributed by atoms with E-state index >= 15 is 0 Å². The second-order valence-corrected chi connectivity index (χ2v) is 10.2. The van der Waals surface area contributed by atoms with Crippen molar-refractivity contribution in [3.05, 3.63) is 5.21 Å². The van der Waals surface area contributed by atoms with Crippen LogP contribution in [0.25, 0.3) is 0 Å². The quantitative estimate of drug-likeness (QED) is 0.706. The summed E-state index contributed by atoms with van der Waals surface area (Å²) in [6.07, 6.45) is 19.8. The van der Waals surface area contributed by atoms with Gasteiger partial charge in [0.2, 0.25) is 0 Å². The van der Waals surface area contributed by atoms with E-state index in [2.05, 4.69) is 13.8 Å². The lowest BCUT2D eigenvalue weighted by Crippen LogP contribution is -3.16. The molecule has 0 bridgehead atoms. The second-order valence-electron chi connectivity index (χ2n) is 10.2. The van der Waals surface area contributed by atoms with Crippen LogP contribution in [0, 0.1) is 34.3 Å². The highest BCUT2D eigenvalue weighted by molar-refractivity contribution is 5.20. The highest BCUT2D eigenvalue weighted by atomic mass is 16.5. The molecule has 25 heavy (non-hydrogen) atoms. The molecule has 1 spiro atoms. The molecule has 2 heteroatoms. The first kappa shape index (κ1) is 18.3. The molecule has 0 heterocycles. The Labute approximate surface area is 155 Å². The molecule has 0 radical (unpaired) electrons. The van der Waals surface area contributed by atoms with Crippen molar-refractivity contribution in [1.82, 2.24) is 0 Å². The van der Waals surface area contributed by atoms with Crippen molar-refractivity contribution in [2.75, 3.05) is 0 Å². The third kappa shape index (κ3) is 3.43. The van der Waals surface area contributed by atoms with E-state index < -0.39 is 0 Å². The molecule has 0 aromatic carbocycles. The summed E-state index contributed by atoms with van der Waals surface area (Å²) in [6, 6.07) is 0.913. The summed E-state index contributed by atoms with van der Waals surface area (Å²) < 4.78 is 0. The monoisotopic (exact) mass is 347 g/mol. The van der Waals surface area contributed by atoms with Crippen LogP contribution in [0.15, 0.2) is 0 Å². The Hall–Kier alpha value is -0.0800. The van der Waals surface area contributed by atoms with Gasteiger partial charge in [-0.3, -0.25) is 0 Å². The van der Waals surface area contributed by atoms with Crippen molar-refractivity contribution < 1.29 is 5.06 Å². The van der Waals surface area contributed by atoms with Crippen LogP contribution >= 0.6 is 0 Å². The Balaban J connectivity index is 1.39. The van der Waals surface area contributed by atoms with E-state index in [1.165, 1.54) is 89.9 Å². The minimum atomic E-state index is 0.446. The normalized spacial score (nSPS) is 45.2. The van der Waals surface area contributed by atoms with Gasteiger partial charge in [0.05, 0.1) is 12.1 Å². The van der Waals surface area contributed by atoms with Crippen LogP contribution in [0.2, 0.25) is 0 Å². The number of hydroxylamine groups is 2. The summed E-state index contributed by atoms with van der Waals surface area (Å²) in [4.78, 5) is 0. The molecule has 6 unspecified atom stereocenters. The van der Waals surface area contributed by atoms with Crippen LogP contribution in [0.4, 0.5) is 0 Å². The van der Waals surface area contributed by atoms with E-state index in [1.54, 1.807) is 0 Å². The zero-order chi connectivity index (χ0) is 17.4. The largest absolute Gasteiger partial charge is 0.634 e. The smallest absolute Gasteiger partial charge is 0.0964 e. The topological polar surface area (TPSA) is 27.5 Å². The van der Waals surface area contributed by atoms with E-state index in [-0.39, 0.29) is 0 Å². The molecule has 144 valence electrons. The van der Waals surface area contributed by atoms with Gasteiger partial charge in [0.15, 0.2) is 0 Å². The predicted molar refractivity (Wildman–Crippen MR) is 104 cm³/mol. The number of nitrogens with one attached hydrogen (secondary N) is 1. The Bertz CT molecular complexity index is 435. The van der Waals surface area contributed by atoms with E-state index in [0.29, 0.717) is 28.5 Å². The fraction of sp³-hybridized carbons (Fsp3) is 1.00. The van der Waals surface area contributed by atoms with Crippen molar-refractivity contribution in [2.24, 2.45) is 29.1 Å².